The van der Waals surface area contributed by atoms with Crippen LogP contribution >= 0.6 is 0 Å². The quantitative estimate of drug-likeness (QED) is 0.0748. The molecular weight excluding hydrogens is 913 g/mol. The molecule has 0 saturated carbocycles. The fraction of sp³-hybridized carbons (Fsp3) is 0.385. The van der Waals surface area contributed by atoms with Gasteiger partial charge in [-0.25, -0.2) is 9.78 Å². The van der Waals surface area contributed by atoms with Crippen LogP contribution in [0.3, 0.4) is 0 Å². The maximum atomic E-state index is 14.0. The Kier molecular flexibility index (Phi) is 15.6. The van der Waals surface area contributed by atoms with Gasteiger partial charge in [-0.05, 0) is 91.9 Å². The third kappa shape index (κ3) is 10.3. The minimum atomic E-state index is -0.986. The van der Waals surface area contributed by atoms with E-state index in [0.717, 1.165) is 16.5 Å². The predicted octanol–water partition coefficient (Wildman–Crippen LogP) is 7.12. The Bertz CT molecular complexity index is 3030. The Morgan fingerprint density at radius 1 is 0.915 bits per heavy atom. The average molecular weight is 973 g/mol. The summed E-state index contributed by atoms with van der Waals surface area (Å²) >= 11 is 0. The predicted molar refractivity (Wildman–Crippen MR) is 264 cm³/mol. The number of phenols is 3. The average Bonchev–Trinajstić information content (AvgIpc) is 3.96. The summed E-state index contributed by atoms with van der Waals surface area (Å²) in [4.78, 5) is 73.1. The van der Waals surface area contributed by atoms with Crippen LogP contribution in [0.5, 0.6) is 23.0 Å². The van der Waals surface area contributed by atoms with Gasteiger partial charge in [0.25, 0.3) is 17.9 Å². The molecule has 71 heavy (non-hydrogen) atoms. The van der Waals surface area contributed by atoms with Crippen LogP contribution in [0.25, 0.3) is 39.4 Å². The number of aryl methyl sites for hydroxylation is 1. The van der Waals surface area contributed by atoms with Gasteiger partial charge in [0.05, 0.1) is 34.6 Å². The van der Waals surface area contributed by atoms with Crippen molar-refractivity contribution in [3.63, 3.8) is 0 Å². The molecule has 6 aromatic rings. The highest BCUT2D eigenvalue weighted by Gasteiger charge is 2.32. The third-order valence-electron chi connectivity index (χ3n) is 12.6. The van der Waals surface area contributed by atoms with E-state index in [1.807, 2.05) is 34.6 Å². The molecule has 3 amide bonds. The van der Waals surface area contributed by atoms with E-state index in [-0.39, 0.29) is 84.1 Å². The Morgan fingerprint density at radius 2 is 1.63 bits per heavy atom. The van der Waals surface area contributed by atoms with Gasteiger partial charge in [0, 0.05) is 67.8 Å². The Hall–Kier alpha value is -7.96. The first-order valence-corrected chi connectivity index (χ1v) is 23.8. The molecule has 1 saturated heterocycles. The first kappa shape index (κ1) is 50.9. The number of aromatic hydroxyl groups is 3. The lowest BCUT2D eigenvalue weighted by atomic mass is 9.98. The molecule has 3 aromatic carbocycles. The molecule has 0 bridgehead atoms. The second-order valence-electron chi connectivity index (χ2n) is 17.4. The zero-order valence-electron chi connectivity index (χ0n) is 41.2. The highest BCUT2D eigenvalue weighted by atomic mass is 16.6. The molecule has 1 unspecified atom stereocenters. The molecule has 0 spiro atoms. The molecule has 8 rings (SSSR count). The topological polar surface area (TPSA) is 241 Å². The van der Waals surface area contributed by atoms with E-state index in [4.69, 9.17) is 19.2 Å². The SMILES string of the molecule is CC.CCNC(=O)c1nnc(-c2cc(C(C)C)c(O)cc2O)n1-c1ccc(OC2CCN(C(=O)CN(C)C(=O)OC(C)c3cc4n(c(=O)c3COC=O)Cc3c-4nc4ccc(O)cc4c3CC)CC2)cc1. The molecule has 0 radical (unpaired) electrons. The van der Waals surface area contributed by atoms with Crippen molar-refractivity contribution in [2.24, 2.45) is 0 Å². The minimum Gasteiger partial charge on any atom is -0.508 e. The summed E-state index contributed by atoms with van der Waals surface area (Å²) in [5.41, 5.74) is 5.00. The van der Waals surface area contributed by atoms with E-state index in [0.29, 0.717) is 78.4 Å². The number of aromatic nitrogens is 5. The number of likely N-dealkylation sites (N-methyl/N-ethyl adjacent to an activating group) is 1. The lowest BCUT2D eigenvalue weighted by Crippen LogP contribution is -2.46. The van der Waals surface area contributed by atoms with Crippen LogP contribution in [0.4, 0.5) is 4.79 Å². The number of hydrogen-bond donors (Lipinski definition) is 4. The van der Waals surface area contributed by atoms with Crippen LogP contribution in [0.15, 0.2) is 65.5 Å². The standard InChI is InChI=1S/C50H54N8O11.C2H6/c1-7-33-36-19-30(60)11-14-40(36)52-45-38(33)23-57-41(45)21-35(39(49(57)65)25-67-26-59)28(5)68-50(66)55(6)24-44(63)56-17-15-32(16-18-56)69-31-12-9-29(10-13-31)58-46(53-54-47(58)48(64)51-8-2)37-20-34(27(3)4)42(61)22-43(37)62;1-2/h9-14,19-22,26-28,32,60-62H,7-8,15-18,23-25H2,1-6H3,(H,51,64);1-2H3. The summed E-state index contributed by atoms with van der Waals surface area (Å²) in [6.07, 6.45) is -0.349. The van der Waals surface area contributed by atoms with Crippen LogP contribution in [0.2, 0.25) is 0 Å². The van der Waals surface area contributed by atoms with Crippen LogP contribution in [-0.4, -0.2) is 113 Å². The zero-order valence-corrected chi connectivity index (χ0v) is 41.2. The van der Waals surface area contributed by atoms with Crippen molar-refractivity contribution in [1.82, 2.24) is 39.4 Å². The normalized spacial score (nSPS) is 13.5. The zero-order chi connectivity index (χ0) is 51.3. The van der Waals surface area contributed by atoms with E-state index >= 15 is 0 Å². The van der Waals surface area contributed by atoms with Gasteiger partial charge in [-0.1, -0.05) is 34.6 Å². The van der Waals surface area contributed by atoms with Gasteiger partial charge in [-0.15, -0.1) is 10.2 Å². The molecule has 4 N–H and O–H groups in total. The number of carbonyl (C=O) groups is 4. The lowest BCUT2D eigenvalue weighted by Gasteiger charge is -2.33. The summed E-state index contributed by atoms with van der Waals surface area (Å²) in [6.45, 7) is 14.2. The summed E-state index contributed by atoms with van der Waals surface area (Å²) in [6, 6.07) is 16.5. The fourth-order valence-corrected chi connectivity index (χ4v) is 9.07. The molecule has 2 aliphatic heterocycles. The number of carbonyl (C=O) groups excluding carboxylic acids is 4. The van der Waals surface area contributed by atoms with Gasteiger partial charge in [0.2, 0.25) is 11.7 Å². The van der Waals surface area contributed by atoms with Crippen molar-refractivity contribution in [3.05, 3.63) is 105 Å². The van der Waals surface area contributed by atoms with Gasteiger partial charge in [-0.2, -0.15) is 0 Å². The van der Waals surface area contributed by atoms with E-state index in [1.54, 1.807) is 77.9 Å². The highest BCUT2D eigenvalue weighted by molar-refractivity contribution is 5.92. The summed E-state index contributed by atoms with van der Waals surface area (Å²) in [7, 11) is 1.45. The minimum absolute atomic E-state index is 0.00347. The Balaban J connectivity index is 0.00000366. The molecule has 19 nitrogen and oxygen atoms in total. The highest BCUT2D eigenvalue weighted by Crippen LogP contribution is 2.40. The van der Waals surface area contributed by atoms with Gasteiger partial charge in [-0.3, -0.25) is 23.7 Å². The number of ether oxygens (including phenoxy) is 3. The number of nitrogens with one attached hydrogen (secondary N) is 1. The number of pyridine rings is 2. The lowest BCUT2D eigenvalue weighted by molar-refractivity contribution is -0.133. The van der Waals surface area contributed by atoms with Crippen molar-refractivity contribution in [3.8, 4) is 51.5 Å². The summed E-state index contributed by atoms with van der Waals surface area (Å²) in [5.74, 6) is -0.238. The van der Waals surface area contributed by atoms with Crippen LogP contribution in [0, 0.1) is 0 Å². The number of nitrogens with zero attached hydrogens (tertiary/aromatic N) is 7. The van der Waals surface area contributed by atoms with Crippen LogP contribution in [0.1, 0.15) is 112 Å². The van der Waals surface area contributed by atoms with Crippen molar-refractivity contribution >= 4 is 35.3 Å². The monoisotopic (exact) mass is 972 g/mol. The van der Waals surface area contributed by atoms with Gasteiger partial charge in [0.1, 0.15) is 48.4 Å². The summed E-state index contributed by atoms with van der Waals surface area (Å²) < 4.78 is 20.3. The third-order valence-corrected chi connectivity index (χ3v) is 12.6. The van der Waals surface area contributed by atoms with Crippen LogP contribution in [-0.2, 0) is 38.6 Å². The van der Waals surface area contributed by atoms with E-state index in [9.17, 15) is 39.3 Å². The van der Waals surface area contributed by atoms with E-state index < -0.39 is 23.7 Å². The Labute approximate surface area is 410 Å². The molecule has 2 aliphatic rings. The van der Waals surface area contributed by atoms with Crippen molar-refractivity contribution in [2.45, 2.75) is 99.0 Å². The number of hydrogen-bond acceptors (Lipinski definition) is 14. The van der Waals surface area contributed by atoms with Gasteiger partial charge < -0.3 is 49.2 Å². The molecule has 374 valence electrons. The van der Waals surface area contributed by atoms with E-state index in [1.165, 1.54) is 22.6 Å². The maximum Gasteiger partial charge on any atom is 0.410 e. The second-order valence-corrected chi connectivity index (χ2v) is 17.4. The van der Waals surface area contributed by atoms with Crippen molar-refractivity contribution in [1.29, 1.82) is 0 Å². The van der Waals surface area contributed by atoms with Crippen molar-refractivity contribution in [2.75, 3.05) is 33.2 Å². The number of rotatable bonds is 15. The van der Waals surface area contributed by atoms with Gasteiger partial charge >= 0.3 is 6.09 Å². The first-order valence-electron chi connectivity index (χ1n) is 23.8. The molecule has 5 heterocycles. The molecule has 1 fully saturated rings. The number of likely N-dealkylation sites (tertiary alicyclic amines) is 1. The van der Waals surface area contributed by atoms with Crippen molar-refractivity contribution < 1.29 is 48.7 Å². The molecule has 3 aromatic heterocycles. The van der Waals surface area contributed by atoms with E-state index in [2.05, 4.69) is 15.5 Å². The smallest absolute Gasteiger partial charge is 0.410 e. The largest absolute Gasteiger partial charge is 0.508 e. The molecule has 19 heteroatoms. The number of phenolic OH excluding ortho intramolecular Hbond substituents is 3. The number of amides is 3. The number of benzene rings is 3. The van der Waals surface area contributed by atoms with Gasteiger partial charge in [0.15, 0.2) is 5.82 Å². The summed E-state index contributed by atoms with van der Waals surface area (Å²) in [5, 5.41) is 43.5. The number of fused-ring (bicyclic) bond motifs is 4. The molecule has 1 atom stereocenters. The Morgan fingerprint density at radius 3 is 2.30 bits per heavy atom. The maximum absolute atomic E-state index is 14.0. The number of piperidine rings is 1. The second kappa shape index (κ2) is 21.8. The molecule has 0 aliphatic carbocycles. The first-order chi connectivity index (χ1) is 34.1. The molecular formula is C52H60N8O11. The van der Waals surface area contributed by atoms with Crippen LogP contribution < -0.4 is 15.6 Å². The fourth-order valence-electron chi connectivity index (χ4n) is 9.07.